The van der Waals surface area contributed by atoms with Gasteiger partial charge in [0.15, 0.2) is 11.5 Å². The van der Waals surface area contributed by atoms with Crippen molar-refractivity contribution in [3.8, 4) is 11.5 Å². The van der Waals surface area contributed by atoms with Crippen molar-refractivity contribution >= 4 is 17.1 Å². The van der Waals surface area contributed by atoms with E-state index in [0.717, 1.165) is 0 Å². The van der Waals surface area contributed by atoms with Gasteiger partial charge in [-0.1, -0.05) is 18.2 Å². The quantitative estimate of drug-likeness (QED) is 0.574. The number of nitrogens with zero attached hydrogens (tertiary/aromatic N) is 3. The Morgan fingerprint density at radius 2 is 2.16 bits per heavy atom. The minimum Gasteiger partial charge on any atom is -0.504 e. The molecule has 126 valence electrons. The molecule has 1 N–H and O–H groups in total. The number of fused-ring (bicyclic) bond motifs is 1. The van der Waals surface area contributed by atoms with Crippen molar-refractivity contribution in [3.63, 3.8) is 0 Å². The summed E-state index contributed by atoms with van der Waals surface area (Å²) in [4.78, 5) is 16.6. The second-order valence-electron chi connectivity index (χ2n) is 5.38. The molecule has 1 heterocycles. The van der Waals surface area contributed by atoms with Crippen molar-refractivity contribution in [2.45, 2.75) is 6.42 Å². The van der Waals surface area contributed by atoms with E-state index in [1.807, 2.05) is 6.07 Å². The maximum Gasteiger partial charge on any atom is 0.281 e. The third-order valence-electron chi connectivity index (χ3n) is 3.74. The summed E-state index contributed by atoms with van der Waals surface area (Å²) in [5.41, 5.74) is 1.73. The van der Waals surface area contributed by atoms with Gasteiger partial charge in [0, 0.05) is 5.56 Å². The first-order valence-electron chi connectivity index (χ1n) is 7.65. The van der Waals surface area contributed by atoms with Crippen LogP contribution in [0.2, 0.25) is 0 Å². The fourth-order valence-electron chi connectivity index (χ4n) is 2.50. The van der Waals surface area contributed by atoms with E-state index in [1.165, 1.54) is 24.3 Å². The monoisotopic (exact) mass is 335 g/mol. The van der Waals surface area contributed by atoms with Crippen LogP contribution in [0.3, 0.4) is 0 Å². The SMILES string of the molecule is C=CCc1cc(/C=N\n2cnc3ccccc3c2=O)cc(OC)c1O. The third kappa shape index (κ3) is 3.28. The predicted octanol–water partition coefficient (Wildman–Crippen LogP) is 2.72. The van der Waals surface area contributed by atoms with Crippen LogP contribution in [-0.4, -0.2) is 28.1 Å². The highest BCUT2D eigenvalue weighted by Gasteiger charge is 2.09. The molecule has 0 bridgehead atoms. The number of aromatic hydroxyl groups is 1. The second kappa shape index (κ2) is 7.00. The van der Waals surface area contributed by atoms with Gasteiger partial charge in [0.25, 0.3) is 5.56 Å². The Bertz CT molecular complexity index is 1020. The summed E-state index contributed by atoms with van der Waals surface area (Å²) in [5, 5.41) is 14.8. The number of hydrogen-bond donors (Lipinski definition) is 1. The molecule has 6 heteroatoms. The first-order valence-corrected chi connectivity index (χ1v) is 7.65. The summed E-state index contributed by atoms with van der Waals surface area (Å²) in [6, 6.07) is 10.5. The molecule has 0 amide bonds. The number of methoxy groups -OCH3 is 1. The Kier molecular flexibility index (Phi) is 4.61. The van der Waals surface area contributed by atoms with E-state index in [9.17, 15) is 9.90 Å². The molecule has 1 aromatic heterocycles. The molecule has 0 spiro atoms. The standard InChI is InChI=1S/C19H17N3O3/c1-3-6-14-9-13(10-17(25-2)18(14)23)11-21-22-12-20-16-8-5-4-7-15(16)19(22)24/h3-5,7-12,23H,1,6H2,2H3/b21-11-. The number of aromatic nitrogens is 2. The van der Waals surface area contributed by atoms with Gasteiger partial charge in [-0.15, -0.1) is 6.58 Å². The topological polar surface area (TPSA) is 76.7 Å². The zero-order valence-electron chi connectivity index (χ0n) is 13.7. The summed E-state index contributed by atoms with van der Waals surface area (Å²) in [6.45, 7) is 3.68. The summed E-state index contributed by atoms with van der Waals surface area (Å²) in [5.74, 6) is 0.411. The van der Waals surface area contributed by atoms with Gasteiger partial charge in [-0.2, -0.15) is 9.78 Å². The highest BCUT2D eigenvalue weighted by molar-refractivity contribution is 5.82. The van der Waals surface area contributed by atoms with E-state index >= 15 is 0 Å². The van der Waals surface area contributed by atoms with E-state index in [0.29, 0.717) is 34.2 Å². The summed E-state index contributed by atoms with van der Waals surface area (Å²) >= 11 is 0. The summed E-state index contributed by atoms with van der Waals surface area (Å²) < 4.78 is 6.35. The zero-order chi connectivity index (χ0) is 17.8. The number of rotatable bonds is 5. The Hall–Kier alpha value is -3.41. The molecule has 0 unspecified atom stereocenters. The lowest BCUT2D eigenvalue weighted by Gasteiger charge is -2.09. The molecule has 0 atom stereocenters. The summed E-state index contributed by atoms with van der Waals surface area (Å²) in [7, 11) is 1.48. The number of para-hydroxylation sites is 1. The molecule has 0 saturated carbocycles. The minimum absolute atomic E-state index is 0.0732. The lowest BCUT2D eigenvalue weighted by atomic mass is 10.1. The first kappa shape index (κ1) is 16.4. The van der Waals surface area contributed by atoms with Crippen LogP contribution in [0.4, 0.5) is 0 Å². The van der Waals surface area contributed by atoms with Crippen LogP contribution >= 0.6 is 0 Å². The minimum atomic E-state index is -0.251. The van der Waals surface area contributed by atoms with Gasteiger partial charge in [-0.05, 0) is 36.2 Å². The van der Waals surface area contributed by atoms with Gasteiger partial charge in [0.2, 0.25) is 0 Å². The lowest BCUT2D eigenvalue weighted by Crippen LogP contribution is -2.17. The van der Waals surface area contributed by atoms with Crippen molar-refractivity contribution in [1.29, 1.82) is 0 Å². The highest BCUT2D eigenvalue weighted by Crippen LogP contribution is 2.31. The van der Waals surface area contributed by atoms with Gasteiger partial charge in [-0.25, -0.2) is 4.98 Å². The van der Waals surface area contributed by atoms with Crippen LogP contribution in [0.25, 0.3) is 10.9 Å². The number of allylic oxidation sites excluding steroid dienone is 1. The Balaban J connectivity index is 2.02. The van der Waals surface area contributed by atoms with Crippen molar-refractivity contribution in [2.24, 2.45) is 5.10 Å². The molecule has 3 rings (SSSR count). The number of hydrogen-bond acceptors (Lipinski definition) is 5. The van der Waals surface area contributed by atoms with E-state index in [2.05, 4.69) is 16.7 Å². The van der Waals surface area contributed by atoms with Gasteiger partial charge >= 0.3 is 0 Å². The van der Waals surface area contributed by atoms with Gasteiger partial charge < -0.3 is 9.84 Å². The normalized spacial score (nSPS) is 11.1. The highest BCUT2D eigenvalue weighted by atomic mass is 16.5. The van der Waals surface area contributed by atoms with Crippen LogP contribution in [0.1, 0.15) is 11.1 Å². The molecule has 2 aromatic carbocycles. The molecule has 3 aromatic rings. The molecule has 6 nitrogen and oxygen atoms in total. The number of ether oxygens (including phenoxy) is 1. The van der Waals surface area contributed by atoms with Crippen molar-refractivity contribution in [1.82, 2.24) is 9.66 Å². The maximum absolute atomic E-state index is 12.4. The second-order valence-corrected chi connectivity index (χ2v) is 5.38. The average Bonchev–Trinajstić information content (AvgIpc) is 2.64. The van der Waals surface area contributed by atoms with Gasteiger partial charge in [0.1, 0.15) is 6.33 Å². The van der Waals surface area contributed by atoms with Crippen molar-refractivity contribution in [3.05, 3.63) is 76.9 Å². The van der Waals surface area contributed by atoms with Gasteiger partial charge in [0.05, 0.1) is 24.2 Å². The first-order chi connectivity index (χ1) is 12.1. The van der Waals surface area contributed by atoms with E-state index in [4.69, 9.17) is 4.74 Å². The summed E-state index contributed by atoms with van der Waals surface area (Å²) in [6.07, 6.45) is 5.07. The molecular weight excluding hydrogens is 318 g/mol. The Labute approximate surface area is 144 Å². The molecule has 0 fully saturated rings. The average molecular weight is 335 g/mol. The fourth-order valence-corrected chi connectivity index (χ4v) is 2.50. The molecule has 0 aliphatic carbocycles. The van der Waals surface area contributed by atoms with Crippen LogP contribution in [0.15, 0.2) is 65.3 Å². The maximum atomic E-state index is 12.4. The van der Waals surface area contributed by atoms with Gasteiger partial charge in [-0.3, -0.25) is 4.79 Å². The van der Waals surface area contributed by atoms with E-state index in [1.54, 1.807) is 36.4 Å². The van der Waals surface area contributed by atoms with Crippen LogP contribution in [0.5, 0.6) is 11.5 Å². The zero-order valence-corrected chi connectivity index (χ0v) is 13.7. The molecule has 0 saturated heterocycles. The van der Waals surface area contributed by atoms with Crippen LogP contribution < -0.4 is 10.3 Å². The number of benzene rings is 2. The molecular formula is C19H17N3O3. The van der Waals surface area contributed by atoms with E-state index in [-0.39, 0.29) is 11.3 Å². The third-order valence-corrected chi connectivity index (χ3v) is 3.74. The largest absolute Gasteiger partial charge is 0.504 e. The molecule has 0 radical (unpaired) electrons. The van der Waals surface area contributed by atoms with Crippen molar-refractivity contribution in [2.75, 3.05) is 7.11 Å². The number of phenols is 1. The lowest BCUT2D eigenvalue weighted by molar-refractivity contribution is 0.371. The van der Waals surface area contributed by atoms with Crippen molar-refractivity contribution < 1.29 is 9.84 Å². The Morgan fingerprint density at radius 3 is 2.92 bits per heavy atom. The molecule has 25 heavy (non-hydrogen) atoms. The van der Waals surface area contributed by atoms with Crippen LogP contribution in [0, 0.1) is 0 Å². The van der Waals surface area contributed by atoms with E-state index < -0.39 is 0 Å². The predicted molar refractivity (Wildman–Crippen MR) is 97.6 cm³/mol. The molecule has 0 aliphatic rings. The smallest absolute Gasteiger partial charge is 0.281 e. The fraction of sp³-hybridized carbons (Fsp3) is 0.105. The number of phenolic OH excluding ortho intramolecular Hbond substituents is 1. The van der Waals surface area contributed by atoms with Crippen LogP contribution in [-0.2, 0) is 6.42 Å². The molecule has 0 aliphatic heterocycles. The Morgan fingerprint density at radius 1 is 1.36 bits per heavy atom.